The van der Waals surface area contributed by atoms with Crippen LogP contribution in [0.4, 0.5) is 0 Å². The largest absolute Gasteiger partial charge is 0.288 e. The molecular formula is C4H10N4S. The molecule has 0 unspecified atom stereocenters. The number of nitrogens with one attached hydrogen (secondary N) is 3. The molecule has 1 aliphatic rings. The van der Waals surface area contributed by atoms with Gasteiger partial charge in [-0.2, -0.15) is 11.8 Å². The molecular weight excluding hydrogens is 136 g/mol. The van der Waals surface area contributed by atoms with Gasteiger partial charge in [-0.3, -0.25) is 5.43 Å². The van der Waals surface area contributed by atoms with Gasteiger partial charge in [0.15, 0.2) is 0 Å². The van der Waals surface area contributed by atoms with Crippen LogP contribution in [0.15, 0.2) is 5.10 Å². The molecule has 0 fully saturated rings. The monoisotopic (exact) mass is 146 g/mol. The van der Waals surface area contributed by atoms with Crippen molar-refractivity contribution in [3.8, 4) is 0 Å². The van der Waals surface area contributed by atoms with Crippen molar-refractivity contribution in [3.63, 3.8) is 0 Å². The van der Waals surface area contributed by atoms with Crippen molar-refractivity contribution < 1.29 is 0 Å². The second-order valence-electron chi connectivity index (χ2n) is 1.56. The standard InChI is InChI=1S/C4H10N4S/c1-2-9-3-4-5-7-8-6-4/h7-8H,2-3H2,1H3,(H,5,6). The summed E-state index contributed by atoms with van der Waals surface area (Å²) < 4.78 is 0. The summed E-state index contributed by atoms with van der Waals surface area (Å²) in [5.74, 6) is 3.03. The molecule has 52 valence electrons. The second kappa shape index (κ2) is 3.58. The third-order valence-electron chi connectivity index (χ3n) is 0.896. The lowest BCUT2D eigenvalue weighted by atomic mass is 10.7. The van der Waals surface area contributed by atoms with E-state index < -0.39 is 0 Å². The van der Waals surface area contributed by atoms with E-state index in [0.717, 1.165) is 17.3 Å². The second-order valence-corrected chi connectivity index (χ2v) is 2.83. The minimum absolute atomic E-state index is 0.941. The number of amidine groups is 1. The maximum atomic E-state index is 3.90. The third kappa shape index (κ3) is 2.11. The number of hydrazone groups is 1. The molecule has 1 aliphatic heterocycles. The number of hydrogen-bond acceptors (Lipinski definition) is 5. The minimum atomic E-state index is 0.941. The molecule has 1 heterocycles. The highest BCUT2D eigenvalue weighted by molar-refractivity contribution is 7.99. The lowest BCUT2D eigenvalue weighted by Gasteiger charge is -1.96. The summed E-state index contributed by atoms with van der Waals surface area (Å²) in [5, 5.41) is 3.90. The van der Waals surface area contributed by atoms with Gasteiger partial charge in [-0.05, 0) is 5.75 Å². The topological polar surface area (TPSA) is 48.5 Å². The van der Waals surface area contributed by atoms with Crippen LogP contribution >= 0.6 is 11.8 Å². The van der Waals surface area contributed by atoms with Gasteiger partial charge in [-0.25, -0.2) is 5.53 Å². The summed E-state index contributed by atoms with van der Waals surface area (Å²) in [5.41, 5.74) is 8.12. The van der Waals surface area contributed by atoms with Gasteiger partial charge in [-0.1, -0.05) is 6.92 Å². The molecule has 0 bridgehead atoms. The van der Waals surface area contributed by atoms with E-state index in [1.54, 1.807) is 0 Å². The third-order valence-corrected chi connectivity index (χ3v) is 1.78. The van der Waals surface area contributed by atoms with Crippen molar-refractivity contribution >= 4 is 17.6 Å². The normalized spacial score (nSPS) is 16.3. The Morgan fingerprint density at radius 2 is 2.56 bits per heavy atom. The van der Waals surface area contributed by atoms with Crippen molar-refractivity contribution in [3.05, 3.63) is 0 Å². The molecule has 0 saturated carbocycles. The molecule has 0 aromatic carbocycles. The van der Waals surface area contributed by atoms with Crippen molar-refractivity contribution in [2.75, 3.05) is 11.5 Å². The molecule has 0 aromatic rings. The van der Waals surface area contributed by atoms with Crippen LogP contribution in [-0.2, 0) is 0 Å². The Bertz CT molecular complexity index is 113. The Kier molecular flexibility index (Phi) is 2.66. The Balaban J connectivity index is 2.11. The van der Waals surface area contributed by atoms with Gasteiger partial charge in [0, 0.05) is 0 Å². The van der Waals surface area contributed by atoms with Gasteiger partial charge in [0.2, 0.25) is 0 Å². The predicted octanol–water partition coefficient (Wildman–Crippen LogP) is -0.335. The Morgan fingerprint density at radius 3 is 3.11 bits per heavy atom. The minimum Gasteiger partial charge on any atom is -0.288 e. The highest BCUT2D eigenvalue weighted by atomic mass is 32.2. The molecule has 5 heteroatoms. The first kappa shape index (κ1) is 6.70. The molecule has 0 aliphatic carbocycles. The Hall–Kier alpha value is -0.420. The van der Waals surface area contributed by atoms with E-state index in [1.807, 2.05) is 11.8 Å². The summed E-state index contributed by atoms with van der Waals surface area (Å²) in [6, 6.07) is 0. The molecule has 4 nitrogen and oxygen atoms in total. The van der Waals surface area contributed by atoms with Crippen molar-refractivity contribution in [1.82, 2.24) is 16.5 Å². The molecule has 0 atom stereocenters. The molecule has 3 N–H and O–H groups in total. The fourth-order valence-corrected chi connectivity index (χ4v) is 1.02. The van der Waals surface area contributed by atoms with Crippen molar-refractivity contribution in [1.29, 1.82) is 0 Å². The molecule has 9 heavy (non-hydrogen) atoms. The smallest absolute Gasteiger partial charge is 0.149 e. The highest BCUT2D eigenvalue weighted by Crippen LogP contribution is 1.97. The number of nitrogens with zero attached hydrogens (tertiary/aromatic N) is 1. The Labute approximate surface area is 58.4 Å². The van der Waals surface area contributed by atoms with Crippen LogP contribution in [0, 0.1) is 0 Å². The average molecular weight is 146 g/mol. The summed E-state index contributed by atoms with van der Waals surface area (Å²) in [4.78, 5) is 0. The fraction of sp³-hybridized carbons (Fsp3) is 0.750. The van der Waals surface area contributed by atoms with E-state index in [-0.39, 0.29) is 0 Å². The maximum Gasteiger partial charge on any atom is 0.149 e. The van der Waals surface area contributed by atoms with E-state index in [9.17, 15) is 0 Å². The number of hydrazine groups is 2. The fourth-order valence-electron chi connectivity index (χ4n) is 0.491. The van der Waals surface area contributed by atoms with Gasteiger partial charge in [0.1, 0.15) is 5.84 Å². The summed E-state index contributed by atoms with van der Waals surface area (Å²) in [7, 11) is 0. The van der Waals surface area contributed by atoms with Crippen LogP contribution in [0.5, 0.6) is 0 Å². The van der Waals surface area contributed by atoms with E-state index in [4.69, 9.17) is 0 Å². The van der Waals surface area contributed by atoms with Crippen LogP contribution in [0.25, 0.3) is 0 Å². The van der Waals surface area contributed by atoms with Crippen molar-refractivity contribution in [2.45, 2.75) is 6.92 Å². The van der Waals surface area contributed by atoms with Crippen LogP contribution in [0.3, 0.4) is 0 Å². The molecule has 0 amide bonds. The van der Waals surface area contributed by atoms with E-state index in [2.05, 4.69) is 28.5 Å². The molecule has 1 rings (SSSR count). The molecule has 0 aromatic heterocycles. The number of hydrogen-bond donors (Lipinski definition) is 3. The SMILES string of the molecule is CCSCC1=NNNN1. The number of rotatable bonds is 3. The van der Waals surface area contributed by atoms with Gasteiger partial charge in [-0.15, -0.1) is 10.6 Å². The first-order valence-corrected chi connectivity index (χ1v) is 3.99. The first-order chi connectivity index (χ1) is 4.43. The molecule has 0 saturated heterocycles. The van der Waals surface area contributed by atoms with Gasteiger partial charge in [0.25, 0.3) is 0 Å². The maximum absolute atomic E-state index is 3.90. The van der Waals surface area contributed by atoms with Crippen molar-refractivity contribution in [2.24, 2.45) is 5.10 Å². The average Bonchev–Trinajstić information content (AvgIpc) is 2.34. The summed E-state index contributed by atoms with van der Waals surface area (Å²) >= 11 is 1.83. The van der Waals surface area contributed by atoms with Crippen LogP contribution in [0.2, 0.25) is 0 Å². The number of thioether (sulfide) groups is 1. The lowest BCUT2D eigenvalue weighted by molar-refractivity contribution is 0.577. The van der Waals surface area contributed by atoms with E-state index >= 15 is 0 Å². The highest BCUT2D eigenvalue weighted by Gasteiger charge is 2.01. The van der Waals surface area contributed by atoms with Crippen LogP contribution in [0.1, 0.15) is 6.92 Å². The zero-order valence-corrected chi connectivity index (χ0v) is 6.09. The summed E-state index contributed by atoms with van der Waals surface area (Å²) in [6.07, 6.45) is 0. The van der Waals surface area contributed by atoms with Crippen LogP contribution in [-0.4, -0.2) is 17.3 Å². The molecule has 0 radical (unpaired) electrons. The zero-order valence-electron chi connectivity index (χ0n) is 5.27. The van der Waals surface area contributed by atoms with Gasteiger partial charge < -0.3 is 0 Å². The van der Waals surface area contributed by atoms with E-state index in [1.165, 1.54) is 0 Å². The molecule has 0 spiro atoms. The van der Waals surface area contributed by atoms with E-state index in [0.29, 0.717) is 0 Å². The Morgan fingerprint density at radius 1 is 1.67 bits per heavy atom. The quantitative estimate of drug-likeness (QED) is 0.510. The lowest BCUT2D eigenvalue weighted by Crippen LogP contribution is -2.35. The first-order valence-electron chi connectivity index (χ1n) is 2.84. The van der Waals surface area contributed by atoms with Gasteiger partial charge in [0.05, 0.1) is 5.75 Å². The zero-order chi connectivity index (χ0) is 6.53. The predicted molar refractivity (Wildman–Crippen MR) is 39.8 cm³/mol. The van der Waals surface area contributed by atoms with Crippen LogP contribution < -0.4 is 16.5 Å². The summed E-state index contributed by atoms with van der Waals surface area (Å²) in [6.45, 7) is 2.13. The van der Waals surface area contributed by atoms with Gasteiger partial charge >= 0.3 is 0 Å².